The first kappa shape index (κ1) is 12.1. The lowest BCUT2D eigenvalue weighted by Crippen LogP contribution is -2.22. The first-order chi connectivity index (χ1) is 6.97. The molecule has 1 aromatic heterocycles. The van der Waals surface area contributed by atoms with E-state index in [-0.39, 0.29) is 5.75 Å². The molecule has 0 radical (unpaired) electrons. The van der Waals surface area contributed by atoms with Gasteiger partial charge in [0.25, 0.3) is 0 Å². The zero-order chi connectivity index (χ0) is 11.3. The molecule has 1 N–H and O–H groups in total. The normalized spacial score (nSPS) is 11.6. The number of aromatic nitrogens is 2. The molecule has 0 fully saturated rings. The standard InChI is InChI=1S/C9H15N3O2S/c1-8-5-12-9(7-11-8)6-10-3-4-15(2,13)14/h5,7,10H,3-4,6H2,1-2H3. The molecule has 15 heavy (non-hydrogen) atoms. The average molecular weight is 229 g/mol. The summed E-state index contributed by atoms with van der Waals surface area (Å²) in [5.74, 6) is 0.145. The summed E-state index contributed by atoms with van der Waals surface area (Å²) in [7, 11) is -2.88. The van der Waals surface area contributed by atoms with Gasteiger partial charge in [-0.1, -0.05) is 0 Å². The highest BCUT2D eigenvalue weighted by atomic mass is 32.2. The van der Waals surface area contributed by atoms with Gasteiger partial charge in [-0.15, -0.1) is 0 Å². The maximum atomic E-state index is 10.8. The van der Waals surface area contributed by atoms with E-state index in [2.05, 4.69) is 15.3 Å². The Morgan fingerprint density at radius 1 is 1.33 bits per heavy atom. The van der Waals surface area contributed by atoms with Gasteiger partial charge in [-0.05, 0) is 6.92 Å². The van der Waals surface area contributed by atoms with E-state index >= 15 is 0 Å². The van der Waals surface area contributed by atoms with Gasteiger partial charge in [0.2, 0.25) is 0 Å². The van der Waals surface area contributed by atoms with E-state index in [0.717, 1.165) is 11.4 Å². The largest absolute Gasteiger partial charge is 0.310 e. The Labute approximate surface area is 89.9 Å². The molecule has 0 unspecified atom stereocenters. The predicted octanol–water partition coefficient (Wildman–Crippen LogP) is -0.0808. The first-order valence-corrected chi connectivity index (χ1v) is 6.69. The molecular weight excluding hydrogens is 214 g/mol. The van der Waals surface area contributed by atoms with E-state index in [9.17, 15) is 8.42 Å². The molecular formula is C9H15N3O2S. The van der Waals surface area contributed by atoms with E-state index in [1.54, 1.807) is 12.4 Å². The average Bonchev–Trinajstić information content (AvgIpc) is 2.14. The third-order valence-electron chi connectivity index (χ3n) is 1.79. The van der Waals surface area contributed by atoms with Gasteiger partial charge >= 0.3 is 0 Å². The van der Waals surface area contributed by atoms with Crippen molar-refractivity contribution in [2.75, 3.05) is 18.6 Å². The van der Waals surface area contributed by atoms with E-state index in [1.807, 2.05) is 6.92 Å². The fraction of sp³-hybridized carbons (Fsp3) is 0.556. The minimum Gasteiger partial charge on any atom is -0.310 e. The van der Waals surface area contributed by atoms with Crippen LogP contribution >= 0.6 is 0 Å². The van der Waals surface area contributed by atoms with Crippen molar-refractivity contribution in [2.45, 2.75) is 13.5 Å². The Morgan fingerprint density at radius 2 is 2.07 bits per heavy atom. The van der Waals surface area contributed by atoms with Crippen LogP contribution in [0.5, 0.6) is 0 Å². The van der Waals surface area contributed by atoms with Crippen molar-refractivity contribution in [3.63, 3.8) is 0 Å². The van der Waals surface area contributed by atoms with Crippen molar-refractivity contribution in [1.29, 1.82) is 0 Å². The van der Waals surface area contributed by atoms with E-state index in [1.165, 1.54) is 6.26 Å². The highest BCUT2D eigenvalue weighted by Crippen LogP contribution is 1.93. The molecule has 0 aliphatic carbocycles. The van der Waals surface area contributed by atoms with Crippen LogP contribution in [0, 0.1) is 6.92 Å². The first-order valence-electron chi connectivity index (χ1n) is 4.63. The van der Waals surface area contributed by atoms with E-state index < -0.39 is 9.84 Å². The van der Waals surface area contributed by atoms with Gasteiger partial charge in [-0.2, -0.15) is 0 Å². The molecule has 0 aromatic carbocycles. The second-order valence-corrected chi connectivity index (χ2v) is 5.72. The molecule has 0 spiro atoms. The van der Waals surface area contributed by atoms with Crippen LogP contribution in [0.2, 0.25) is 0 Å². The lowest BCUT2D eigenvalue weighted by molar-refractivity contribution is 0.595. The summed E-state index contributed by atoms with van der Waals surface area (Å²) in [5, 5.41) is 3.00. The summed E-state index contributed by atoms with van der Waals surface area (Å²) in [6, 6.07) is 0. The molecule has 0 amide bonds. The fourth-order valence-electron chi connectivity index (χ4n) is 0.985. The quantitative estimate of drug-likeness (QED) is 0.715. The number of nitrogens with one attached hydrogen (secondary N) is 1. The number of hydrogen-bond donors (Lipinski definition) is 1. The van der Waals surface area contributed by atoms with Gasteiger partial charge in [0.15, 0.2) is 0 Å². The number of rotatable bonds is 5. The van der Waals surface area contributed by atoms with Crippen LogP contribution in [0.1, 0.15) is 11.4 Å². The Morgan fingerprint density at radius 3 is 2.60 bits per heavy atom. The Bertz CT molecular complexity index is 400. The van der Waals surface area contributed by atoms with Gasteiger partial charge < -0.3 is 5.32 Å². The summed E-state index contributed by atoms with van der Waals surface area (Å²) in [5.41, 5.74) is 1.68. The monoisotopic (exact) mass is 229 g/mol. The molecule has 0 bridgehead atoms. The highest BCUT2D eigenvalue weighted by molar-refractivity contribution is 7.90. The van der Waals surface area contributed by atoms with Crippen molar-refractivity contribution in [1.82, 2.24) is 15.3 Å². The third kappa shape index (κ3) is 5.44. The molecule has 1 aromatic rings. The minimum atomic E-state index is -2.88. The van der Waals surface area contributed by atoms with E-state index in [4.69, 9.17) is 0 Å². The molecule has 0 atom stereocenters. The van der Waals surface area contributed by atoms with Gasteiger partial charge in [0, 0.05) is 31.7 Å². The molecule has 6 heteroatoms. The summed E-state index contributed by atoms with van der Waals surface area (Å²) >= 11 is 0. The van der Waals surface area contributed by atoms with Crippen LogP contribution in [-0.4, -0.2) is 36.9 Å². The summed E-state index contributed by atoms with van der Waals surface area (Å²) in [4.78, 5) is 8.22. The van der Waals surface area contributed by atoms with E-state index in [0.29, 0.717) is 13.1 Å². The van der Waals surface area contributed by atoms with Gasteiger partial charge in [-0.3, -0.25) is 9.97 Å². The van der Waals surface area contributed by atoms with Crippen LogP contribution in [0.25, 0.3) is 0 Å². The summed E-state index contributed by atoms with van der Waals surface area (Å²) < 4.78 is 21.6. The molecule has 84 valence electrons. The third-order valence-corrected chi connectivity index (χ3v) is 2.74. The van der Waals surface area contributed by atoms with Crippen molar-refractivity contribution in [3.8, 4) is 0 Å². The second kappa shape index (κ2) is 5.18. The zero-order valence-corrected chi connectivity index (χ0v) is 9.71. The predicted molar refractivity (Wildman–Crippen MR) is 58.2 cm³/mol. The van der Waals surface area contributed by atoms with Crippen molar-refractivity contribution in [3.05, 3.63) is 23.8 Å². The van der Waals surface area contributed by atoms with Crippen molar-refractivity contribution >= 4 is 9.84 Å². The van der Waals surface area contributed by atoms with Gasteiger partial charge in [0.1, 0.15) is 9.84 Å². The molecule has 5 nitrogen and oxygen atoms in total. The maximum Gasteiger partial charge on any atom is 0.148 e. The molecule has 0 saturated heterocycles. The Kier molecular flexibility index (Phi) is 4.16. The summed E-state index contributed by atoms with van der Waals surface area (Å²) in [6.45, 7) is 2.85. The molecule has 0 aliphatic heterocycles. The van der Waals surface area contributed by atoms with Gasteiger partial charge in [0.05, 0.1) is 17.1 Å². The lowest BCUT2D eigenvalue weighted by Gasteiger charge is -2.02. The zero-order valence-electron chi connectivity index (χ0n) is 8.90. The molecule has 0 aliphatic rings. The van der Waals surface area contributed by atoms with Crippen molar-refractivity contribution < 1.29 is 8.42 Å². The maximum absolute atomic E-state index is 10.8. The van der Waals surface area contributed by atoms with Gasteiger partial charge in [-0.25, -0.2) is 8.42 Å². The molecule has 0 saturated carbocycles. The second-order valence-electron chi connectivity index (χ2n) is 3.46. The Balaban J connectivity index is 2.29. The molecule has 1 rings (SSSR count). The molecule has 1 heterocycles. The van der Waals surface area contributed by atoms with Crippen LogP contribution in [0.3, 0.4) is 0 Å². The lowest BCUT2D eigenvalue weighted by atomic mass is 10.4. The number of aryl methyl sites for hydroxylation is 1. The van der Waals surface area contributed by atoms with Crippen LogP contribution in [0.4, 0.5) is 0 Å². The summed E-state index contributed by atoms with van der Waals surface area (Å²) in [6.07, 6.45) is 4.59. The smallest absolute Gasteiger partial charge is 0.148 e. The number of sulfone groups is 1. The van der Waals surface area contributed by atoms with Crippen LogP contribution < -0.4 is 5.32 Å². The fourth-order valence-corrected chi connectivity index (χ4v) is 1.50. The van der Waals surface area contributed by atoms with Crippen molar-refractivity contribution in [2.24, 2.45) is 0 Å². The SMILES string of the molecule is Cc1cnc(CNCCS(C)(=O)=O)cn1. The minimum absolute atomic E-state index is 0.145. The van der Waals surface area contributed by atoms with Crippen LogP contribution in [0.15, 0.2) is 12.4 Å². The number of hydrogen-bond acceptors (Lipinski definition) is 5. The highest BCUT2D eigenvalue weighted by Gasteiger charge is 2.01. The number of nitrogens with zero attached hydrogens (tertiary/aromatic N) is 2. The Hall–Kier alpha value is -1.01. The topological polar surface area (TPSA) is 72.0 Å². The van der Waals surface area contributed by atoms with Crippen LogP contribution in [-0.2, 0) is 16.4 Å².